The lowest BCUT2D eigenvalue weighted by molar-refractivity contribution is 0.399. The van der Waals surface area contributed by atoms with Crippen molar-refractivity contribution >= 4 is 10.9 Å². The summed E-state index contributed by atoms with van der Waals surface area (Å²) in [5, 5.41) is 4.88. The molecule has 0 spiro atoms. The summed E-state index contributed by atoms with van der Waals surface area (Å²) in [5.74, 6) is 0. The lowest BCUT2D eigenvalue weighted by atomic mass is 10.1. The number of aryl methyl sites for hydroxylation is 2. The SMILES string of the molecule is Cc1c(CNCCN(C)C)n(C)c2ccccc12. The first-order valence-electron chi connectivity index (χ1n) is 6.49. The third kappa shape index (κ3) is 2.57. The molecule has 0 aliphatic carbocycles. The van der Waals surface area contributed by atoms with Gasteiger partial charge in [-0.3, -0.25) is 0 Å². The Bertz CT molecular complexity index is 487. The zero-order chi connectivity index (χ0) is 13.1. The van der Waals surface area contributed by atoms with Gasteiger partial charge in [-0.1, -0.05) is 18.2 Å². The first kappa shape index (κ1) is 13.1. The fourth-order valence-electron chi connectivity index (χ4n) is 2.40. The summed E-state index contributed by atoms with van der Waals surface area (Å²) >= 11 is 0. The van der Waals surface area contributed by atoms with Crippen LogP contribution < -0.4 is 5.32 Å². The smallest absolute Gasteiger partial charge is 0.0483 e. The summed E-state index contributed by atoms with van der Waals surface area (Å²) in [6.45, 7) is 5.24. The monoisotopic (exact) mass is 245 g/mol. The molecule has 18 heavy (non-hydrogen) atoms. The quantitative estimate of drug-likeness (QED) is 0.814. The Hall–Kier alpha value is -1.32. The summed E-state index contributed by atoms with van der Waals surface area (Å²) in [6, 6.07) is 8.60. The van der Waals surface area contributed by atoms with Gasteiger partial charge in [0.2, 0.25) is 0 Å². The summed E-state index contributed by atoms with van der Waals surface area (Å²) in [7, 11) is 6.35. The van der Waals surface area contributed by atoms with Gasteiger partial charge in [0.05, 0.1) is 0 Å². The van der Waals surface area contributed by atoms with Crippen LogP contribution in [-0.2, 0) is 13.6 Å². The summed E-state index contributed by atoms with van der Waals surface area (Å²) in [4.78, 5) is 2.20. The van der Waals surface area contributed by atoms with Gasteiger partial charge in [-0.15, -0.1) is 0 Å². The molecule has 0 saturated carbocycles. The number of rotatable bonds is 5. The highest BCUT2D eigenvalue weighted by Crippen LogP contribution is 2.23. The minimum absolute atomic E-state index is 0.935. The summed E-state index contributed by atoms with van der Waals surface area (Å²) in [6.07, 6.45) is 0. The van der Waals surface area contributed by atoms with Crippen molar-refractivity contribution < 1.29 is 0 Å². The lowest BCUT2D eigenvalue weighted by Crippen LogP contribution is -2.27. The molecule has 3 nitrogen and oxygen atoms in total. The van der Waals surface area contributed by atoms with Gasteiger partial charge in [-0.05, 0) is 32.6 Å². The zero-order valence-corrected chi connectivity index (χ0v) is 11.8. The fourth-order valence-corrected chi connectivity index (χ4v) is 2.40. The highest BCUT2D eigenvalue weighted by Gasteiger charge is 2.10. The van der Waals surface area contributed by atoms with Crippen molar-refractivity contribution in [1.29, 1.82) is 0 Å². The number of para-hydroxylation sites is 1. The van der Waals surface area contributed by atoms with E-state index in [0.29, 0.717) is 0 Å². The molecular formula is C15H23N3. The van der Waals surface area contributed by atoms with E-state index in [1.165, 1.54) is 22.2 Å². The number of hydrogen-bond donors (Lipinski definition) is 1. The van der Waals surface area contributed by atoms with Crippen LogP contribution in [0.1, 0.15) is 11.3 Å². The van der Waals surface area contributed by atoms with Crippen molar-refractivity contribution in [3.8, 4) is 0 Å². The molecule has 0 atom stereocenters. The van der Waals surface area contributed by atoms with Crippen LogP contribution in [0.25, 0.3) is 10.9 Å². The van der Waals surface area contributed by atoms with Gasteiger partial charge in [-0.25, -0.2) is 0 Å². The number of benzene rings is 1. The maximum Gasteiger partial charge on any atom is 0.0483 e. The van der Waals surface area contributed by atoms with Crippen LogP contribution in [0.5, 0.6) is 0 Å². The molecule has 1 heterocycles. The van der Waals surface area contributed by atoms with Crippen molar-refractivity contribution in [3.63, 3.8) is 0 Å². The first-order chi connectivity index (χ1) is 8.61. The minimum atomic E-state index is 0.935. The standard InChI is InChI=1S/C15H23N3/c1-12-13-7-5-6-8-14(13)18(4)15(12)11-16-9-10-17(2)3/h5-8,16H,9-11H2,1-4H3. The van der Waals surface area contributed by atoms with E-state index in [1.807, 2.05) is 0 Å². The Balaban J connectivity index is 2.13. The molecule has 1 aromatic carbocycles. The molecule has 0 bridgehead atoms. The highest BCUT2D eigenvalue weighted by molar-refractivity contribution is 5.85. The van der Waals surface area contributed by atoms with Crippen molar-refractivity contribution in [1.82, 2.24) is 14.8 Å². The van der Waals surface area contributed by atoms with Crippen molar-refractivity contribution in [3.05, 3.63) is 35.5 Å². The molecule has 1 N–H and O–H groups in total. The van der Waals surface area contributed by atoms with Crippen LogP contribution in [0, 0.1) is 6.92 Å². The lowest BCUT2D eigenvalue weighted by Gasteiger charge is -2.11. The fraction of sp³-hybridized carbons (Fsp3) is 0.467. The van der Waals surface area contributed by atoms with Gasteiger partial charge in [0.1, 0.15) is 0 Å². The third-order valence-electron chi connectivity index (χ3n) is 3.54. The van der Waals surface area contributed by atoms with Gasteiger partial charge in [-0.2, -0.15) is 0 Å². The van der Waals surface area contributed by atoms with E-state index in [0.717, 1.165) is 19.6 Å². The van der Waals surface area contributed by atoms with E-state index in [9.17, 15) is 0 Å². The van der Waals surface area contributed by atoms with Crippen LogP contribution >= 0.6 is 0 Å². The van der Waals surface area contributed by atoms with Gasteiger partial charge in [0.25, 0.3) is 0 Å². The predicted octanol–water partition coefficient (Wildman–Crippen LogP) is 2.14. The molecule has 2 rings (SSSR count). The predicted molar refractivity (Wildman–Crippen MR) is 77.9 cm³/mol. The summed E-state index contributed by atoms with van der Waals surface area (Å²) in [5.41, 5.74) is 4.10. The second-order valence-corrected chi connectivity index (χ2v) is 5.13. The Morgan fingerprint density at radius 3 is 2.61 bits per heavy atom. The molecule has 1 aromatic heterocycles. The molecule has 0 fully saturated rings. The maximum atomic E-state index is 3.51. The normalized spacial score (nSPS) is 11.6. The van der Waals surface area contributed by atoms with Gasteiger partial charge in [0.15, 0.2) is 0 Å². The Kier molecular flexibility index (Phi) is 4.04. The average molecular weight is 245 g/mol. The first-order valence-corrected chi connectivity index (χ1v) is 6.49. The highest BCUT2D eigenvalue weighted by atomic mass is 15.1. The van der Waals surface area contributed by atoms with E-state index < -0.39 is 0 Å². The van der Waals surface area contributed by atoms with Crippen LogP contribution in [-0.4, -0.2) is 36.7 Å². The number of fused-ring (bicyclic) bond motifs is 1. The van der Waals surface area contributed by atoms with Gasteiger partial charge < -0.3 is 14.8 Å². The molecule has 0 saturated heterocycles. The molecule has 0 unspecified atom stereocenters. The van der Waals surface area contributed by atoms with E-state index >= 15 is 0 Å². The summed E-state index contributed by atoms with van der Waals surface area (Å²) < 4.78 is 2.30. The molecule has 98 valence electrons. The van der Waals surface area contributed by atoms with Crippen LogP contribution in [0.15, 0.2) is 24.3 Å². The minimum Gasteiger partial charge on any atom is -0.346 e. The number of hydrogen-bond acceptors (Lipinski definition) is 2. The van der Waals surface area contributed by atoms with Crippen molar-refractivity contribution in [2.75, 3.05) is 27.2 Å². The van der Waals surface area contributed by atoms with Crippen molar-refractivity contribution in [2.24, 2.45) is 7.05 Å². The van der Waals surface area contributed by atoms with Crippen LogP contribution in [0.4, 0.5) is 0 Å². The second kappa shape index (κ2) is 5.55. The zero-order valence-electron chi connectivity index (χ0n) is 11.8. The molecule has 0 aliphatic rings. The van der Waals surface area contributed by atoms with Gasteiger partial charge in [0, 0.05) is 43.3 Å². The number of nitrogens with zero attached hydrogens (tertiary/aromatic N) is 2. The number of nitrogens with one attached hydrogen (secondary N) is 1. The van der Waals surface area contributed by atoms with E-state index in [2.05, 4.69) is 67.1 Å². The van der Waals surface area contributed by atoms with Gasteiger partial charge >= 0.3 is 0 Å². The second-order valence-electron chi connectivity index (χ2n) is 5.13. The third-order valence-corrected chi connectivity index (χ3v) is 3.54. The average Bonchev–Trinajstić information content (AvgIpc) is 2.59. The number of aromatic nitrogens is 1. The van der Waals surface area contributed by atoms with E-state index in [4.69, 9.17) is 0 Å². The van der Waals surface area contributed by atoms with Crippen LogP contribution in [0.2, 0.25) is 0 Å². The topological polar surface area (TPSA) is 20.2 Å². The molecule has 0 aliphatic heterocycles. The maximum absolute atomic E-state index is 3.51. The van der Waals surface area contributed by atoms with Crippen LogP contribution in [0.3, 0.4) is 0 Å². The molecular weight excluding hydrogens is 222 g/mol. The Morgan fingerprint density at radius 2 is 1.94 bits per heavy atom. The molecule has 3 heteroatoms. The Labute approximate surface area is 109 Å². The van der Waals surface area contributed by atoms with E-state index in [-0.39, 0.29) is 0 Å². The molecule has 0 amide bonds. The molecule has 2 aromatic rings. The number of likely N-dealkylation sites (N-methyl/N-ethyl adjacent to an activating group) is 1. The largest absolute Gasteiger partial charge is 0.346 e. The van der Waals surface area contributed by atoms with Crippen molar-refractivity contribution in [2.45, 2.75) is 13.5 Å². The molecule has 0 radical (unpaired) electrons. The Morgan fingerprint density at radius 1 is 1.22 bits per heavy atom. The van der Waals surface area contributed by atoms with E-state index in [1.54, 1.807) is 0 Å².